The molecular formula is C18H14F2N4O8. The number of ether oxygens (including phenoxy) is 1. The highest BCUT2D eigenvalue weighted by molar-refractivity contribution is 5.92. The number of rotatable bonds is 4. The molecule has 0 radical (unpaired) electrons. The van der Waals surface area contributed by atoms with E-state index in [4.69, 9.17) is 9.57 Å². The Balaban J connectivity index is 1.80. The van der Waals surface area contributed by atoms with Crippen LogP contribution in [0.5, 0.6) is 0 Å². The van der Waals surface area contributed by atoms with Gasteiger partial charge in [0.1, 0.15) is 6.61 Å². The zero-order valence-corrected chi connectivity index (χ0v) is 16.2. The van der Waals surface area contributed by atoms with Crippen molar-refractivity contribution >= 4 is 11.8 Å². The molecule has 2 bridgehead atoms. The molecule has 4 atom stereocenters. The number of hydrogen-bond donors (Lipinski definition) is 1. The van der Waals surface area contributed by atoms with Gasteiger partial charge >= 0.3 is 16.9 Å². The summed E-state index contributed by atoms with van der Waals surface area (Å²) in [5, 5.41) is 0. The average molecular weight is 452 g/mol. The molecule has 1 N–H and O–H groups in total. The molecule has 0 spiro atoms. The van der Waals surface area contributed by atoms with Crippen LogP contribution in [0.4, 0.5) is 8.78 Å². The number of hydrogen-bond acceptors (Lipinski definition) is 8. The van der Waals surface area contributed by atoms with Crippen LogP contribution in [-0.4, -0.2) is 49.5 Å². The second kappa shape index (κ2) is 7.64. The van der Waals surface area contributed by atoms with Gasteiger partial charge in [-0.3, -0.25) is 24.2 Å². The predicted octanol–water partition coefficient (Wildman–Crippen LogP) is -1.86. The fourth-order valence-corrected chi connectivity index (χ4v) is 3.74. The summed E-state index contributed by atoms with van der Waals surface area (Å²) < 4.78 is 33.9. The maximum atomic E-state index is 14.1. The Morgan fingerprint density at radius 2 is 1.56 bits per heavy atom. The first-order valence-electron chi connectivity index (χ1n) is 9.27. The van der Waals surface area contributed by atoms with Crippen molar-refractivity contribution in [3.8, 4) is 0 Å². The number of halogens is 2. The van der Waals surface area contributed by atoms with Crippen LogP contribution >= 0.6 is 0 Å². The summed E-state index contributed by atoms with van der Waals surface area (Å²) in [5.41, 5.74) is -5.30. The normalized spacial score (nSPS) is 23.5. The second-order valence-electron chi connectivity index (χ2n) is 6.93. The van der Waals surface area contributed by atoms with Gasteiger partial charge in [-0.1, -0.05) is 16.9 Å². The molecule has 1 fully saturated rings. The van der Waals surface area contributed by atoms with Gasteiger partial charge in [-0.2, -0.15) is 8.78 Å². The third-order valence-electron chi connectivity index (χ3n) is 5.11. The van der Waals surface area contributed by atoms with E-state index in [1.807, 2.05) is 0 Å². The lowest BCUT2D eigenvalue weighted by Crippen LogP contribution is -2.50. The van der Waals surface area contributed by atoms with Gasteiger partial charge in [-0.25, -0.2) is 18.7 Å². The van der Waals surface area contributed by atoms with Crippen molar-refractivity contribution < 1.29 is 27.9 Å². The number of nitrogens with one attached hydrogen (secondary N) is 1. The molecule has 4 unspecified atom stereocenters. The van der Waals surface area contributed by atoms with E-state index >= 15 is 0 Å². The molecule has 32 heavy (non-hydrogen) atoms. The summed E-state index contributed by atoms with van der Waals surface area (Å²) in [6.07, 6.45) is 1.59. The Kier molecular flexibility index (Phi) is 5.08. The van der Waals surface area contributed by atoms with Crippen molar-refractivity contribution in [2.75, 3.05) is 6.61 Å². The van der Waals surface area contributed by atoms with Gasteiger partial charge in [-0.05, 0) is 6.92 Å². The number of nitrogens with zero attached hydrogens (tertiary/aromatic N) is 3. The smallest absolute Gasteiger partial charge is 0.371 e. The maximum absolute atomic E-state index is 14.1. The largest absolute Gasteiger partial charge is 0.406 e. The number of aromatic nitrogens is 4. The van der Waals surface area contributed by atoms with Crippen LogP contribution in [0, 0.1) is 23.5 Å². The van der Waals surface area contributed by atoms with E-state index in [1.165, 1.54) is 19.1 Å². The van der Waals surface area contributed by atoms with Crippen LogP contribution in [0.15, 0.2) is 43.7 Å². The van der Waals surface area contributed by atoms with E-state index in [1.54, 1.807) is 4.98 Å². The van der Waals surface area contributed by atoms with Gasteiger partial charge in [0.25, 0.3) is 5.56 Å². The van der Waals surface area contributed by atoms with E-state index in [0.717, 1.165) is 0 Å². The van der Waals surface area contributed by atoms with E-state index in [2.05, 4.69) is 0 Å². The SMILES string of the molecule is CCOn1c(=O)c(F)cn(C(=O)C2C3C=CC(O3)C2C(=O)n2cc(F)c(=O)[nH]c2=O)c1=O. The van der Waals surface area contributed by atoms with Crippen LogP contribution in [0.3, 0.4) is 0 Å². The number of aromatic amines is 1. The number of carbonyl (C=O) groups excluding carboxylic acids is 2. The van der Waals surface area contributed by atoms with Crippen molar-refractivity contribution in [3.63, 3.8) is 0 Å². The number of fused-ring (bicyclic) bond motifs is 2. The zero-order chi connectivity index (χ0) is 23.3. The van der Waals surface area contributed by atoms with Crippen LogP contribution in [0.2, 0.25) is 0 Å². The van der Waals surface area contributed by atoms with Gasteiger partial charge in [0, 0.05) is 0 Å². The van der Waals surface area contributed by atoms with Gasteiger partial charge in [-0.15, -0.1) is 0 Å². The fourth-order valence-electron chi connectivity index (χ4n) is 3.74. The lowest BCUT2D eigenvalue weighted by Gasteiger charge is -2.23. The predicted molar refractivity (Wildman–Crippen MR) is 99.4 cm³/mol. The standard InChI is InChI=1S/C18H14F2N4O8/c1-2-31-24-14(26)8(20)6-23(18(24)30)16(28)12-10-4-3-9(32-10)11(12)15(27)22-5-7(19)13(25)21-17(22)29/h3-6,9-12H,2H2,1H3,(H,21,25,29). The fraction of sp³-hybridized carbons (Fsp3) is 0.333. The van der Waals surface area contributed by atoms with Crippen molar-refractivity contribution in [1.82, 2.24) is 18.8 Å². The summed E-state index contributed by atoms with van der Waals surface area (Å²) in [7, 11) is 0. The highest BCUT2D eigenvalue weighted by Gasteiger charge is 2.54. The first-order chi connectivity index (χ1) is 15.1. The molecule has 1 saturated heterocycles. The van der Waals surface area contributed by atoms with Crippen LogP contribution in [-0.2, 0) is 4.74 Å². The minimum absolute atomic E-state index is 0.0653. The molecule has 0 aliphatic carbocycles. The summed E-state index contributed by atoms with van der Waals surface area (Å²) >= 11 is 0. The minimum atomic E-state index is -1.46. The Morgan fingerprint density at radius 1 is 1.00 bits per heavy atom. The third kappa shape index (κ3) is 3.15. The van der Waals surface area contributed by atoms with Crippen molar-refractivity contribution in [3.05, 3.63) is 77.9 Å². The molecule has 14 heteroatoms. The zero-order valence-electron chi connectivity index (χ0n) is 16.2. The van der Waals surface area contributed by atoms with Crippen molar-refractivity contribution in [2.45, 2.75) is 19.1 Å². The molecule has 168 valence electrons. The third-order valence-corrected chi connectivity index (χ3v) is 5.11. The van der Waals surface area contributed by atoms with Crippen LogP contribution in [0.1, 0.15) is 16.5 Å². The topological polar surface area (TPSA) is 151 Å². The quantitative estimate of drug-likeness (QED) is 0.530. The van der Waals surface area contributed by atoms with Crippen LogP contribution < -0.4 is 27.3 Å². The van der Waals surface area contributed by atoms with Gasteiger partial charge in [0.2, 0.25) is 23.4 Å². The molecule has 0 amide bonds. The van der Waals surface area contributed by atoms with Gasteiger partial charge < -0.3 is 9.57 Å². The maximum Gasteiger partial charge on any atom is 0.371 e. The van der Waals surface area contributed by atoms with E-state index in [9.17, 15) is 37.5 Å². The van der Waals surface area contributed by atoms with Crippen LogP contribution in [0.25, 0.3) is 0 Å². The second-order valence-corrected chi connectivity index (χ2v) is 6.93. The summed E-state index contributed by atoms with van der Waals surface area (Å²) in [4.78, 5) is 80.2. The Bertz CT molecular complexity index is 1400. The molecule has 2 aliphatic heterocycles. The van der Waals surface area contributed by atoms with Crippen molar-refractivity contribution in [1.29, 1.82) is 0 Å². The molecular weight excluding hydrogens is 438 g/mol. The van der Waals surface area contributed by atoms with E-state index < -0.39 is 70.0 Å². The Labute approximate surface area is 174 Å². The number of carbonyl (C=O) groups is 2. The van der Waals surface area contributed by atoms with Gasteiger partial charge in [0.15, 0.2) is 0 Å². The molecule has 2 aromatic heterocycles. The molecule has 2 aromatic rings. The molecule has 0 saturated carbocycles. The molecule has 0 aromatic carbocycles. The monoisotopic (exact) mass is 452 g/mol. The molecule has 4 rings (SSSR count). The Hall–Kier alpha value is -3.94. The first kappa shape index (κ1) is 21.3. The van der Waals surface area contributed by atoms with E-state index in [-0.39, 0.29) is 20.5 Å². The van der Waals surface area contributed by atoms with Gasteiger partial charge in [0.05, 0.1) is 36.4 Å². The lowest BCUT2D eigenvalue weighted by atomic mass is 9.81. The number of H-pyrrole nitrogens is 1. The summed E-state index contributed by atoms with van der Waals surface area (Å²) in [5.74, 6) is -7.93. The summed E-state index contributed by atoms with van der Waals surface area (Å²) in [6.45, 7) is 1.24. The minimum Gasteiger partial charge on any atom is -0.406 e. The van der Waals surface area contributed by atoms with Crippen molar-refractivity contribution in [2.24, 2.45) is 11.8 Å². The Morgan fingerprint density at radius 3 is 2.16 bits per heavy atom. The van der Waals surface area contributed by atoms with E-state index in [0.29, 0.717) is 12.4 Å². The highest BCUT2D eigenvalue weighted by atomic mass is 19.1. The highest BCUT2D eigenvalue weighted by Crippen LogP contribution is 2.40. The molecule has 12 nitrogen and oxygen atoms in total. The average Bonchev–Trinajstić information content (AvgIpc) is 3.37. The molecule has 2 aliphatic rings. The molecule has 4 heterocycles. The first-order valence-corrected chi connectivity index (χ1v) is 9.27. The summed E-state index contributed by atoms with van der Waals surface area (Å²) in [6, 6.07) is 0. The lowest BCUT2D eigenvalue weighted by molar-refractivity contribution is 0.0637.